The summed E-state index contributed by atoms with van der Waals surface area (Å²) in [6.07, 6.45) is 1.96. The van der Waals surface area contributed by atoms with Crippen LogP contribution in [-0.2, 0) is 24.4 Å². The molecule has 0 bridgehead atoms. The van der Waals surface area contributed by atoms with Crippen molar-refractivity contribution in [3.63, 3.8) is 0 Å². The molecule has 5 heteroatoms. The number of primary amides is 1. The zero-order valence-electron chi connectivity index (χ0n) is 16.7. The minimum atomic E-state index is -0.169. The van der Waals surface area contributed by atoms with Gasteiger partial charge in [0, 0.05) is 26.2 Å². The van der Waals surface area contributed by atoms with Gasteiger partial charge < -0.3 is 15.8 Å². The highest BCUT2D eigenvalue weighted by atomic mass is 16.5. The minimum Gasteiger partial charge on any atom is -0.494 e. The number of hydrogen-bond donors (Lipinski definition) is 2. The number of nitrogens with two attached hydrogens (primary N) is 1. The molecule has 0 spiro atoms. The molecule has 1 heterocycles. The van der Waals surface area contributed by atoms with Gasteiger partial charge in [0.05, 0.1) is 12.5 Å². The Bertz CT molecular complexity index is 761. The second kappa shape index (κ2) is 10.2. The Balaban J connectivity index is 1.48. The number of nitrogens with zero attached hydrogens (tertiary/aromatic N) is 1. The molecule has 3 N–H and O–H groups in total. The van der Waals surface area contributed by atoms with Crippen LogP contribution in [0.4, 0.5) is 0 Å². The average Bonchev–Trinajstić information content (AvgIpc) is 2.70. The van der Waals surface area contributed by atoms with Crippen LogP contribution in [0.5, 0.6) is 5.75 Å². The molecule has 1 fully saturated rings. The lowest BCUT2D eigenvalue weighted by Crippen LogP contribution is -2.40. The predicted octanol–water partition coefficient (Wildman–Crippen LogP) is 3.07. The monoisotopic (exact) mass is 381 g/mol. The summed E-state index contributed by atoms with van der Waals surface area (Å²) in [5.41, 5.74) is 9.29. The van der Waals surface area contributed by atoms with Crippen molar-refractivity contribution in [1.29, 1.82) is 0 Å². The van der Waals surface area contributed by atoms with Gasteiger partial charge in [0.2, 0.25) is 5.91 Å². The van der Waals surface area contributed by atoms with Crippen LogP contribution < -0.4 is 15.8 Å². The van der Waals surface area contributed by atoms with E-state index in [1.165, 1.54) is 16.7 Å². The van der Waals surface area contributed by atoms with Crippen LogP contribution in [-0.4, -0.2) is 30.5 Å². The molecule has 28 heavy (non-hydrogen) atoms. The Labute approximate surface area is 167 Å². The first-order chi connectivity index (χ1) is 13.6. The van der Waals surface area contributed by atoms with Gasteiger partial charge in [-0.1, -0.05) is 36.4 Å². The molecule has 0 saturated carbocycles. The summed E-state index contributed by atoms with van der Waals surface area (Å²) in [6.45, 7) is 7.00. The van der Waals surface area contributed by atoms with Crippen molar-refractivity contribution < 1.29 is 9.53 Å². The second-order valence-corrected chi connectivity index (χ2v) is 7.48. The van der Waals surface area contributed by atoms with Crippen LogP contribution in [0.15, 0.2) is 48.5 Å². The van der Waals surface area contributed by atoms with Crippen molar-refractivity contribution in [3.8, 4) is 5.75 Å². The standard InChI is InChI=1S/C23H31N3O2/c1-2-28-22-10-8-18(9-11-22)14-25-15-19-5-3-6-20(13-19)16-26-12-4-7-21(17-26)23(24)27/h3,5-6,8-11,13,21,25H,2,4,7,12,14-17H2,1H3,(H2,24,27). The van der Waals surface area contributed by atoms with Gasteiger partial charge in [0.25, 0.3) is 0 Å². The maximum Gasteiger partial charge on any atom is 0.221 e. The van der Waals surface area contributed by atoms with E-state index in [2.05, 4.69) is 46.6 Å². The van der Waals surface area contributed by atoms with Crippen LogP contribution in [0.25, 0.3) is 0 Å². The van der Waals surface area contributed by atoms with Gasteiger partial charge >= 0.3 is 0 Å². The molecule has 5 nitrogen and oxygen atoms in total. The number of nitrogens with one attached hydrogen (secondary N) is 1. The molecule has 2 aromatic rings. The molecule has 3 rings (SSSR count). The van der Waals surface area contributed by atoms with Crippen LogP contribution >= 0.6 is 0 Å². The number of benzene rings is 2. The van der Waals surface area contributed by atoms with Crippen molar-refractivity contribution in [3.05, 3.63) is 65.2 Å². The number of amides is 1. The normalized spacial score (nSPS) is 17.4. The van der Waals surface area contributed by atoms with Crippen LogP contribution in [0, 0.1) is 5.92 Å². The van der Waals surface area contributed by atoms with E-state index in [1.54, 1.807) is 0 Å². The molecule has 1 amide bonds. The molecule has 2 aromatic carbocycles. The molecule has 0 radical (unpaired) electrons. The highest BCUT2D eigenvalue weighted by Crippen LogP contribution is 2.19. The molecule has 1 aliphatic rings. The van der Waals surface area contributed by atoms with E-state index in [0.29, 0.717) is 6.61 Å². The van der Waals surface area contributed by atoms with E-state index >= 15 is 0 Å². The molecule has 1 saturated heterocycles. The largest absolute Gasteiger partial charge is 0.494 e. The summed E-state index contributed by atoms with van der Waals surface area (Å²) >= 11 is 0. The zero-order valence-corrected chi connectivity index (χ0v) is 16.7. The first-order valence-corrected chi connectivity index (χ1v) is 10.2. The molecule has 1 atom stereocenters. The quantitative estimate of drug-likeness (QED) is 0.700. The van der Waals surface area contributed by atoms with Gasteiger partial charge in [-0.15, -0.1) is 0 Å². The Morgan fingerprint density at radius 1 is 1.14 bits per heavy atom. The van der Waals surface area contributed by atoms with Gasteiger partial charge in [-0.3, -0.25) is 9.69 Å². The van der Waals surface area contributed by atoms with Gasteiger partial charge in [0.1, 0.15) is 5.75 Å². The van der Waals surface area contributed by atoms with Crippen molar-refractivity contribution >= 4 is 5.91 Å². The van der Waals surface area contributed by atoms with Crippen LogP contribution in [0.1, 0.15) is 36.5 Å². The van der Waals surface area contributed by atoms with Crippen molar-refractivity contribution in [2.24, 2.45) is 11.7 Å². The second-order valence-electron chi connectivity index (χ2n) is 7.48. The summed E-state index contributed by atoms with van der Waals surface area (Å²) in [5, 5.41) is 3.51. The summed E-state index contributed by atoms with van der Waals surface area (Å²) in [7, 11) is 0. The summed E-state index contributed by atoms with van der Waals surface area (Å²) < 4.78 is 5.48. The summed E-state index contributed by atoms with van der Waals surface area (Å²) in [4.78, 5) is 13.8. The third kappa shape index (κ3) is 6.08. The van der Waals surface area contributed by atoms with E-state index in [4.69, 9.17) is 10.5 Å². The number of piperidine rings is 1. The average molecular weight is 382 g/mol. The Kier molecular flexibility index (Phi) is 7.46. The lowest BCUT2D eigenvalue weighted by molar-refractivity contribution is -0.123. The number of ether oxygens (including phenoxy) is 1. The van der Waals surface area contributed by atoms with Gasteiger partial charge in [-0.25, -0.2) is 0 Å². The number of carbonyl (C=O) groups is 1. The maximum atomic E-state index is 11.5. The first-order valence-electron chi connectivity index (χ1n) is 10.2. The fourth-order valence-corrected chi connectivity index (χ4v) is 3.75. The summed E-state index contributed by atoms with van der Waals surface area (Å²) in [6, 6.07) is 16.9. The van der Waals surface area contributed by atoms with E-state index in [0.717, 1.165) is 51.3 Å². The SMILES string of the molecule is CCOc1ccc(CNCc2cccc(CN3CCCC(C(N)=O)C3)c2)cc1. The minimum absolute atomic E-state index is 0.00675. The van der Waals surface area contributed by atoms with E-state index in [9.17, 15) is 4.79 Å². The number of likely N-dealkylation sites (tertiary alicyclic amines) is 1. The lowest BCUT2D eigenvalue weighted by atomic mass is 9.97. The summed E-state index contributed by atoms with van der Waals surface area (Å²) in [5.74, 6) is 0.736. The number of hydrogen-bond acceptors (Lipinski definition) is 4. The van der Waals surface area contributed by atoms with Crippen LogP contribution in [0.3, 0.4) is 0 Å². The third-order valence-electron chi connectivity index (χ3n) is 5.20. The fourth-order valence-electron chi connectivity index (χ4n) is 3.75. The Morgan fingerprint density at radius 2 is 1.89 bits per heavy atom. The topological polar surface area (TPSA) is 67.6 Å². The molecule has 150 valence electrons. The molecular weight excluding hydrogens is 350 g/mol. The molecule has 1 aliphatic heterocycles. The highest BCUT2D eigenvalue weighted by Gasteiger charge is 2.23. The van der Waals surface area contributed by atoms with Gasteiger partial charge in [-0.05, 0) is 55.1 Å². The lowest BCUT2D eigenvalue weighted by Gasteiger charge is -2.31. The van der Waals surface area contributed by atoms with Crippen molar-refractivity contribution in [1.82, 2.24) is 10.2 Å². The molecule has 0 aliphatic carbocycles. The molecular formula is C23H31N3O2. The molecule has 1 unspecified atom stereocenters. The van der Waals surface area contributed by atoms with E-state index < -0.39 is 0 Å². The van der Waals surface area contributed by atoms with E-state index in [1.807, 2.05) is 19.1 Å². The smallest absolute Gasteiger partial charge is 0.221 e. The van der Waals surface area contributed by atoms with Crippen LogP contribution in [0.2, 0.25) is 0 Å². The van der Waals surface area contributed by atoms with Gasteiger partial charge in [0.15, 0.2) is 0 Å². The van der Waals surface area contributed by atoms with Crippen molar-refractivity contribution in [2.75, 3.05) is 19.7 Å². The first kappa shape index (κ1) is 20.4. The third-order valence-corrected chi connectivity index (χ3v) is 5.20. The highest BCUT2D eigenvalue weighted by molar-refractivity contribution is 5.76. The zero-order chi connectivity index (χ0) is 19.8. The fraction of sp³-hybridized carbons (Fsp3) is 0.435. The molecule has 0 aromatic heterocycles. The number of carbonyl (C=O) groups excluding carboxylic acids is 1. The number of rotatable bonds is 9. The Hall–Kier alpha value is -2.37. The van der Waals surface area contributed by atoms with E-state index in [-0.39, 0.29) is 11.8 Å². The van der Waals surface area contributed by atoms with Gasteiger partial charge in [-0.2, -0.15) is 0 Å². The maximum absolute atomic E-state index is 11.5. The van der Waals surface area contributed by atoms with Crippen molar-refractivity contribution in [2.45, 2.75) is 39.4 Å². The predicted molar refractivity (Wildman–Crippen MR) is 112 cm³/mol. The Morgan fingerprint density at radius 3 is 2.64 bits per heavy atom.